The van der Waals surface area contributed by atoms with Crippen LogP contribution in [0.4, 0.5) is 5.82 Å². The lowest BCUT2D eigenvalue weighted by Gasteiger charge is -2.07. The van der Waals surface area contributed by atoms with Crippen LogP contribution < -0.4 is 10.1 Å². The molecule has 110 valence electrons. The van der Waals surface area contributed by atoms with Gasteiger partial charge in [-0.25, -0.2) is 9.97 Å². The second kappa shape index (κ2) is 7.59. The van der Waals surface area contributed by atoms with Crippen molar-refractivity contribution in [3.63, 3.8) is 0 Å². The maximum Gasteiger partial charge on any atom is 0.256 e. The maximum atomic E-state index is 12.0. The van der Waals surface area contributed by atoms with Gasteiger partial charge in [-0.15, -0.1) is 0 Å². The van der Waals surface area contributed by atoms with E-state index in [0.29, 0.717) is 18.0 Å². The van der Waals surface area contributed by atoms with E-state index in [1.165, 1.54) is 12.4 Å². The van der Waals surface area contributed by atoms with Crippen LogP contribution in [0.3, 0.4) is 0 Å². The molecule has 0 aliphatic heterocycles. The number of hydrogen-bond donors (Lipinski definition) is 1. The average molecular weight is 306 g/mol. The van der Waals surface area contributed by atoms with E-state index >= 15 is 0 Å². The van der Waals surface area contributed by atoms with Gasteiger partial charge in [0.15, 0.2) is 0 Å². The number of benzene rings is 1. The quantitative estimate of drug-likeness (QED) is 0.654. The minimum Gasteiger partial charge on any atom is -0.494 e. The molecule has 2 rings (SSSR count). The molecule has 6 heteroatoms. The predicted octanol–water partition coefficient (Wildman–Crippen LogP) is 3.56. The van der Waals surface area contributed by atoms with Crippen LogP contribution in [0.2, 0.25) is 5.15 Å². The molecule has 0 fully saturated rings. The van der Waals surface area contributed by atoms with Gasteiger partial charge < -0.3 is 10.1 Å². The number of hydrogen-bond acceptors (Lipinski definition) is 4. The number of carbonyl (C=O) groups excluding carboxylic acids is 1. The number of ether oxygens (including phenoxy) is 1. The fourth-order valence-corrected chi connectivity index (χ4v) is 1.77. The lowest BCUT2D eigenvalue weighted by molar-refractivity contribution is 0.102. The molecule has 0 bridgehead atoms. The Morgan fingerprint density at radius 2 is 2.05 bits per heavy atom. The van der Waals surface area contributed by atoms with Crippen LogP contribution in [0.5, 0.6) is 5.75 Å². The highest BCUT2D eigenvalue weighted by Gasteiger charge is 2.07. The third-order valence-electron chi connectivity index (χ3n) is 2.76. The van der Waals surface area contributed by atoms with Crippen molar-refractivity contribution in [1.29, 1.82) is 0 Å². The van der Waals surface area contributed by atoms with E-state index in [4.69, 9.17) is 16.3 Å². The smallest absolute Gasteiger partial charge is 0.256 e. The van der Waals surface area contributed by atoms with Crippen molar-refractivity contribution in [1.82, 2.24) is 9.97 Å². The molecule has 2 aromatic rings. The SMILES string of the molecule is CCCCOc1ccc(C(=O)Nc2cc(Cl)ncn2)cc1. The van der Waals surface area contributed by atoms with Crippen molar-refractivity contribution in [3.05, 3.63) is 47.4 Å². The molecular formula is C15H16ClN3O2. The van der Waals surface area contributed by atoms with Gasteiger partial charge in [0.1, 0.15) is 23.0 Å². The van der Waals surface area contributed by atoms with E-state index < -0.39 is 0 Å². The average Bonchev–Trinajstić information content (AvgIpc) is 2.48. The Bertz CT molecular complexity index is 602. The predicted molar refractivity (Wildman–Crippen MR) is 81.8 cm³/mol. The minimum atomic E-state index is -0.259. The summed E-state index contributed by atoms with van der Waals surface area (Å²) in [4.78, 5) is 19.7. The highest BCUT2D eigenvalue weighted by Crippen LogP contribution is 2.15. The van der Waals surface area contributed by atoms with Gasteiger partial charge in [-0.2, -0.15) is 0 Å². The van der Waals surface area contributed by atoms with Crippen molar-refractivity contribution in [2.75, 3.05) is 11.9 Å². The zero-order valence-electron chi connectivity index (χ0n) is 11.7. The van der Waals surface area contributed by atoms with E-state index in [9.17, 15) is 4.79 Å². The standard InChI is InChI=1S/C15H16ClN3O2/c1-2-3-8-21-12-6-4-11(5-7-12)15(20)19-14-9-13(16)17-10-18-14/h4-7,9-10H,2-3,8H2,1H3,(H,17,18,19,20). The molecule has 1 aromatic heterocycles. The topological polar surface area (TPSA) is 64.1 Å². The van der Waals surface area contributed by atoms with Gasteiger partial charge in [-0.1, -0.05) is 24.9 Å². The highest BCUT2D eigenvalue weighted by molar-refractivity contribution is 6.29. The molecule has 0 saturated heterocycles. The molecule has 0 spiro atoms. The fourth-order valence-electron chi connectivity index (χ4n) is 1.63. The first-order valence-corrected chi connectivity index (χ1v) is 7.08. The Morgan fingerprint density at radius 1 is 1.29 bits per heavy atom. The number of rotatable bonds is 6. The summed E-state index contributed by atoms with van der Waals surface area (Å²) in [6.07, 6.45) is 3.39. The summed E-state index contributed by atoms with van der Waals surface area (Å²) in [6, 6.07) is 8.45. The third kappa shape index (κ3) is 4.72. The van der Waals surface area contributed by atoms with Crippen molar-refractivity contribution >= 4 is 23.3 Å². The van der Waals surface area contributed by atoms with E-state index in [2.05, 4.69) is 22.2 Å². The second-order valence-corrected chi connectivity index (χ2v) is 4.79. The molecule has 1 N–H and O–H groups in total. The Kier molecular flexibility index (Phi) is 5.51. The number of amides is 1. The lowest BCUT2D eigenvalue weighted by atomic mass is 10.2. The van der Waals surface area contributed by atoms with E-state index in [0.717, 1.165) is 18.6 Å². The third-order valence-corrected chi connectivity index (χ3v) is 2.97. The van der Waals surface area contributed by atoms with Gasteiger partial charge in [0, 0.05) is 11.6 Å². The number of halogens is 1. The van der Waals surface area contributed by atoms with Crippen LogP contribution in [0, 0.1) is 0 Å². The molecular weight excluding hydrogens is 290 g/mol. The number of aromatic nitrogens is 2. The van der Waals surface area contributed by atoms with E-state index in [1.807, 2.05) is 0 Å². The largest absolute Gasteiger partial charge is 0.494 e. The van der Waals surface area contributed by atoms with Crippen molar-refractivity contribution in [2.24, 2.45) is 0 Å². The van der Waals surface area contributed by atoms with Gasteiger partial charge in [-0.05, 0) is 30.7 Å². The summed E-state index contributed by atoms with van der Waals surface area (Å²) in [7, 11) is 0. The summed E-state index contributed by atoms with van der Waals surface area (Å²) in [5.74, 6) is 0.859. The molecule has 5 nitrogen and oxygen atoms in total. The Labute approximate surface area is 128 Å². The van der Waals surface area contributed by atoms with Crippen LogP contribution >= 0.6 is 11.6 Å². The first-order chi connectivity index (χ1) is 10.2. The van der Waals surface area contributed by atoms with Crippen LogP contribution in [0.15, 0.2) is 36.7 Å². The molecule has 0 unspecified atom stereocenters. The first-order valence-electron chi connectivity index (χ1n) is 6.71. The molecule has 0 radical (unpaired) electrons. The monoisotopic (exact) mass is 305 g/mol. The Balaban J connectivity index is 1.96. The zero-order valence-corrected chi connectivity index (χ0v) is 12.4. The summed E-state index contributed by atoms with van der Waals surface area (Å²) < 4.78 is 5.55. The molecule has 21 heavy (non-hydrogen) atoms. The number of unbranched alkanes of at least 4 members (excludes halogenated alkanes) is 1. The highest BCUT2D eigenvalue weighted by atomic mass is 35.5. The Hall–Kier alpha value is -2.14. The minimum absolute atomic E-state index is 0.259. The molecule has 1 heterocycles. The summed E-state index contributed by atoms with van der Waals surface area (Å²) in [5.41, 5.74) is 0.521. The van der Waals surface area contributed by atoms with Gasteiger partial charge in [0.05, 0.1) is 6.61 Å². The van der Waals surface area contributed by atoms with Crippen LogP contribution in [-0.2, 0) is 0 Å². The van der Waals surface area contributed by atoms with Gasteiger partial charge in [-0.3, -0.25) is 4.79 Å². The second-order valence-electron chi connectivity index (χ2n) is 4.41. The molecule has 0 aliphatic carbocycles. The normalized spacial score (nSPS) is 10.2. The number of anilines is 1. The number of nitrogens with one attached hydrogen (secondary N) is 1. The molecule has 0 atom stereocenters. The van der Waals surface area contributed by atoms with Gasteiger partial charge in [0.25, 0.3) is 5.91 Å². The van der Waals surface area contributed by atoms with E-state index in [-0.39, 0.29) is 11.1 Å². The first kappa shape index (κ1) is 15.3. The number of nitrogens with zero attached hydrogens (tertiary/aromatic N) is 2. The van der Waals surface area contributed by atoms with Crippen molar-refractivity contribution < 1.29 is 9.53 Å². The molecule has 1 amide bonds. The number of carbonyl (C=O) groups is 1. The summed E-state index contributed by atoms with van der Waals surface area (Å²) in [5, 5.41) is 2.93. The van der Waals surface area contributed by atoms with Crippen LogP contribution in [0.1, 0.15) is 30.1 Å². The molecule has 0 saturated carbocycles. The van der Waals surface area contributed by atoms with Crippen LogP contribution in [0.25, 0.3) is 0 Å². The molecule has 0 aliphatic rings. The zero-order chi connectivity index (χ0) is 15.1. The molecule has 1 aromatic carbocycles. The van der Waals surface area contributed by atoms with Crippen molar-refractivity contribution in [2.45, 2.75) is 19.8 Å². The lowest BCUT2D eigenvalue weighted by Crippen LogP contribution is -2.13. The summed E-state index contributed by atoms with van der Waals surface area (Å²) in [6.45, 7) is 2.79. The van der Waals surface area contributed by atoms with Gasteiger partial charge >= 0.3 is 0 Å². The van der Waals surface area contributed by atoms with Crippen LogP contribution in [-0.4, -0.2) is 22.5 Å². The fraction of sp³-hybridized carbons (Fsp3) is 0.267. The summed E-state index contributed by atoms with van der Waals surface area (Å²) >= 11 is 5.74. The van der Waals surface area contributed by atoms with Crippen molar-refractivity contribution in [3.8, 4) is 5.75 Å². The van der Waals surface area contributed by atoms with Gasteiger partial charge in [0.2, 0.25) is 0 Å². The van der Waals surface area contributed by atoms with E-state index in [1.54, 1.807) is 24.3 Å². The Morgan fingerprint density at radius 3 is 2.71 bits per heavy atom. The maximum absolute atomic E-state index is 12.0.